The van der Waals surface area contributed by atoms with Crippen LogP contribution in [0.15, 0.2) is 51.7 Å². The molecule has 8 nitrogen and oxygen atoms in total. The molecule has 9 heteroatoms. The second-order valence-electron chi connectivity index (χ2n) is 6.50. The van der Waals surface area contributed by atoms with Gasteiger partial charge in [-0.1, -0.05) is 28.1 Å². The van der Waals surface area contributed by atoms with Gasteiger partial charge in [-0.3, -0.25) is 10.1 Å². The van der Waals surface area contributed by atoms with Crippen molar-refractivity contribution in [2.24, 2.45) is 0 Å². The van der Waals surface area contributed by atoms with E-state index in [4.69, 9.17) is 9.15 Å². The Morgan fingerprint density at radius 3 is 2.62 bits per heavy atom. The number of hydrogen-bond acceptors (Lipinski definition) is 6. The van der Waals surface area contributed by atoms with Gasteiger partial charge in [0.15, 0.2) is 0 Å². The maximum atomic E-state index is 12.6. The molecule has 0 unspecified atom stereocenters. The van der Waals surface area contributed by atoms with E-state index in [-0.39, 0.29) is 23.4 Å². The molecule has 0 atom stereocenters. The van der Waals surface area contributed by atoms with Crippen LogP contribution in [0.3, 0.4) is 0 Å². The van der Waals surface area contributed by atoms with Gasteiger partial charge < -0.3 is 14.1 Å². The Balaban J connectivity index is 2.04. The molecule has 3 rings (SSSR count). The monoisotopic (exact) mass is 460 g/mol. The zero-order valence-electron chi connectivity index (χ0n) is 15.7. The number of halogens is 1. The van der Waals surface area contributed by atoms with E-state index in [2.05, 4.69) is 15.9 Å². The molecule has 0 aliphatic heterocycles. The number of benzene rings is 2. The molecular weight excluding hydrogens is 444 g/mol. The quantitative estimate of drug-likeness (QED) is 0.244. The summed E-state index contributed by atoms with van der Waals surface area (Å²) in [5, 5.41) is 12.1. The van der Waals surface area contributed by atoms with Crippen LogP contribution in [0.5, 0.6) is 5.75 Å². The van der Waals surface area contributed by atoms with E-state index in [9.17, 15) is 19.7 Å². The van der Waals surface area contributed by atoms with Crippen molar-refractivity contribution in [3.8, 4) is 5.75 Å². The number of nitro groups is 1. The molecule has 150 valence electrons. The van der Waals surface area contributed by atoms with Crippen molar-refractivity contribution in [3.63, 3.8) is 0 Å². The minimum Gasteiger partial charge on any atom is -0.422 e. The van der Waals surface area contributed by atoms with Crippen molar-refractivity contribution in [2.75, 3.05) is 14.1 Å². The lowest BCUT2D eigenvalue weighted by molar-refractivity contribution is -0.384. The number of rotatable bonds is 5. The molecule has 3 aromatic rings. The minimum atomic E-state index is -0.547. The number of amides is 1. The number of ether oxygens (including phenoxy) is 1. The molecule has 0 saturated carbocycles. The Bertz CT molecular complexity index is 1160. The standard InChI is InChI=1S/C20H17BrN2O6/c1-22(2)20(25)28-14-6-7-15-17(11-21)16(19(24)29-18(15)10-14)9-12-4-3-5-13(8-12)23(26)27/h3-8,10H,9,11H2,1-2H3. The summed E-state index contributed by atoms with van der Waals surface area (Å²) in [6.45, 7) is 0. The van der Waals surface area contributed by atoms with Crippen LogP contribution in [-0.4, -0.2) is 30.0 Å². The van der Waals surface area contributed by atoms with Crippen molar-refractivity contribution in [3.05, 3.63) is 79.7 Å². The Morgan fingerprint density at radius 1 is 1.21 bits per heavy atom. The highest BCUT2D eigenvalue weighted by molar-refractivity contribution is 9.08. The van der Waals surface area contributed by atoms with Crippen LogP contribution in [-0.2, 0) is 11.8 Å². The molecule has 0 fully saturated rings. The summed E-state index contributed by atoms with van der Waals surface area (Å²) >= 11 is 3.41. The van der Waals surface area contributed by atoms with Gasteiger partial charge in [0.25, 0.3) is 5.69 Å². The van der Waals surface area contributed by atoms with E-state index < -0.39 is 16.6 Å². The molecule has 1 amide bonds. The molecule has 2 aromatic carbocycles. The molecule has 0 N–H and O–H groups in total. The number of non-ortho nitro benzene ring substituents is 1. The molecule has 0 saturated heterocycles. The average molecular weight is 461 g/mol. The number of carbonyl (C=O) groups excluding carboxylic acids is 1. The molecule has 0 aliphatic carbocycles. The van der Waals surface area contributed by atoms with Gasteiger partial charge in [0.1, 0.15) is 11.3 Å². The molecule has 1 aromatic heterocycles. The lowest BCUT2D eigenvalue weighted by atomic mass is 9.99. The number of carbonyl (C=O) groups is 1. The van der Waals surface area contributed by atoms with Crippen LogP contribution < -0.4 is 10.4 Å². The van der Waals surface area contributed by atoms with E-state index in [0.717, 1.165) is 0 Å². The van der Waals surface area contributed by atoms with E-state index in [1.165, 1.54) is 23.1 Å². The summed E-state index contributed by atoms with van der Waals surface area (Å²) in [4.78, 5) is 36.2. The van der Waals surface area contributed by atoms with Crippen LogP contribution in [0.1, 0.15) is 16.7 Å². The highest BCUT2D eigenvalue weighted by Crippen LogP contribution is 2.28. The van der Waals surface area contributed by atoms with Crippen molar-refractivity contribution < 1.29 is 18.9 Å². The van der Waals surface area contributed by atoms with Crippen molar-refractivity contribution >= 4 is 38.7 Å². The van der Waals surface area contributed by atoms with Crippen LogP contribution >= 0.6 is 15.9 Å². The van der Waals surface area contributed by atoms with E-state index in [1.807, 2.05) is 0 Å². The highest BCUT2D eigenvalue weighted by Gasteiger charge is 2.17. The minimum absolute atomic E-state index is 0.0413. The van der Waals surface area contributed by atoms with Gasteiger partial charge in [-0.15, -0.1) is 0 Å². The van der Waals surface area contributed by atoms with Gasteiger partial charge in [0.05, 0.1) is 4.92 Å². The third-order valence-corrected chi connectivity index (χ3v) is 4.86. The van der Waals surface area contributed by atoms with Crippen LogP contribution in [0, 0.1) is 10.1 Å². The zero-order chi connectivity index (χ0) is 21.1. The van der Waals surface area contributed by atoms with Crippen LogP contribution in [0.4, 0.5) is 10.5 Å². The average Bonchev–Trinajstić information content (AvgIpc) is 2.68. The van der Waals surface area contributed by atoms with Gasteiger partial charge in [0.2, 0.25) is 0 Å². The second kappa shape index (κ2) is 8.44. The fraction of sp³-hybridized carbons (Fsp3) is 0.200. The molecule has 0 radical (unpaired) electrons. The molecule has 0 bridgehead atoms. The first-order chi connectivity index (χ1) is 13.8. The van der Waals surface area contributed by atoms with Gasteiger partial charge in [-0.2, -0.15) is 0 Å². The predicted octanol–water partition coefficient (Wildman–Crippen LogP) is 4.25. The van der Waals surface area contributed by atoms with Crippen molar-refractivity contribution in [1.29, 1.82) is 0 Å². The van der Waals surface area contributed by atoms with Crippen LogP contribution in [0.25, 0.3) is 11.0 Å². The third-order valence-electron chi connectivity index (χ3n) is 4.30. The first-order valence-corrected chi connectivity index (χ1v) is 9.69. The zero-order valence-corrected chi connectivity index (χ0v) is 17.3. The van der Waals surface area contributed by atoms with Crippen LogP contribution in [0.2, 0.25) is 0 Å². The summed E-state index contributed by atoms with van der Waals surface area (Å²) in [6, 6.07) is 11.0. The number of fused-ring (bicyclic) bond motifs is 1. The van der Waals surface area contributed by atoms with E-state index >= 15 is 0 Å². The van der Waals surface area contributed by atoms with Crippen molar-refractivity contribution in [1.82, 2.24) is 4.90 Å². The number of hydrogen-bond donors (Lipinski definition) is 0. The Hall–Kier alpha value is -3.20. The summed E-state index contributed by atoms with van der Waals surface area (Å²) in [5.41, 5.74) is 1.46. The normalized spacial score (nSPS) is 10.7. The second-order valence-corrected chi connectivity index (χ2v) is 7.07. The van der Waals surface area contributed by atoms with Gasteiger partial charge in [-0.05, 0) is 23.3 Å². The van der Waals surface area contributed by atoms with E-state index in [0.29, 0.717) is 27.4 Å². The number of nitro benzene ring substituents is 1. The first kappa shape index (κ1) is 20.5. The molecular formula is C20H17BrN2O6. The maximum Gasteiger partial charge on any atom is 0.414 e. The largest absolute Gasteiger partial charge is 0.422 e. The first-order valence-electron chi connectivity index (χ1n) is 8.57. The molecule has 1 heterocycles. The number of nitrogens with zero attached hydrogens (tertiary/aromatic N) is 2. The highest BCUT2D eigenvalue weighted by atomic mass is 79.9. The third kappa shape index (κ3) is 4.45. The Labute approximate surface area is 174 Å². The number of alkyl halides is 1. The Kier molecular flexibility index (Phi) is 5.97. The van der Waals surface area contributed by atoms with Gasteiger partial charge >= 0.3 is 11.7 Å². The van der Waals surface area contributed by atoms with Gasteiger partial charge in [-0.25, -0.2) is 9.59 Å². The van der Waals surface area contributed by atoms with Gasteiger partial charge in [0, 0.05) is 55.0 Å². The summed E-state index contributed by atoms with van der Waals surface area (Å²) in [5.74, 6) is 0.256. The summed E-state index contributed by atoms with van der Waals surface area (Å²) in [6.07, 6.45) is -0.354. The Morgan fingerprint density at radius 2 is 1.97 bits per heavy atom. The maximum absolute atomic E-state index is 12.6. The molecule has 29 heavy (non-hydrogen) atoms. The fourth-order valence-corrected chi connectivity index (χ4v) is 3.50. The van der Waals surface area contributed by atoms with Crippen molar-refractivity contribution in [2.45, 2.75) is 11.8 Å². The SMILES string of the molecule is CN(C)C(=O)Oc1ccc2c(CBr)c(Cc3cccc([N+](=O)[O-])c3)c(=O)oc2c1. The topological polar surface area (TPSA) is 103 Å². The summed E-state index contributed by atoms with van der Waals surface area (Å²) < 4.78 is 10.7. The molecule has 0 spiro atoms. The summed E-state index contributed by atoms with van der Waals surface area (Å²) in [7, 11) is 3.12. The fourth-order valence-electron chi connectivity index (χ4n) is 2.85. The smallest absolute Gasteiger partial charge is 0.414 e. The molecule has 0 aliphatic rings. The predicted molar refractivity (Wildman–Crippen MR) is 111 cm³/mol. The lowest BCUT2D eigenvalue weighted by Gasteiger charge is -2.13. The lowest BCUT2D eigenvalue weighted by Crippen LogP contribution is -2.25. The van der Waals surface area contributed by atoms with E-state index in [1.54, 1.807) is 38.4 Å².